The molecule has 0 aliphatic carbocycles. The Labute approximate surface area is 152 Å². The summed E-state index contributed by atoms with van der Waals surface area (Å²) in [6.07, 6.45) is 0. The number of nitrogens with one attached hydrogen (secondary N) is 2. The first-order valence-electron chi connectivity index (χ1n) is 7.98. The molecule has 0 saturated heterocycles. The molecule has 0 aliphatic heterocycles. The molecule has 0 atom stereocenters. The average molecular weight is 355 g/mol. The Morgan fingerprint density at radius 3 is 2.27 bits per heavy atom. The van der Waals surface area contributed by atoms with E-state index in [9.17, 15) is 14.4 Å². The van der Waals surface area contributed by atoms with Crippen LogP contribution in [0.4, 0.5) is 11.4 Å². The number of carbonyl (C=O) groups is 3. The SMILES string of the molecule is CNc1ccccc1C(=O)OCC(=O)Nc1ccc(C(=O)N(C)C)cc1. The van der Waals surface area contributed by atoms with Crippen molar-refractivity contribution in [1.29, 1.82) is 0 Å². The molecule has 0 heterocycles. The minimum absolute atomic E-state index is 0.125. The molecule has 0 fully saturated rings. The smallest absolute Gasteiger partial charge is 0.340 e. The van der Waals surface area contributed by atoms with Gasteiger partial charge in [-0.1, -0.05) is 12.1 Å². The third-order valence-corrected chi connectivity index (χ3v) is 3.57. The van der Waals surface area contributed by atoms with Crippen LogP contribution < -0.4 is 10.6 Å². The van der Waals surface area contributed by atoms with Crippen LogP contribution >= 0.6 is 0 Å². The van der Waals surface area contributed by atoms with Crippen molar-refractivity contribution in [2.24, 2.45) is 0 Å². The quantitative estimate of drug-likeness (QED) is 0.776. The highest BCUT2D eigenvalue weighted by Gasteiger charge is 2.14. The largest absolute Gasteiger partial charge is 0.452 e. The van der Waals surface area contributed by atoms with Gasteiger partial charge in [-0.15, -0.1) is 0 Å². The van der Waals surface area contributed by atoms with Crippen LogP contribution in [-0.4, -0.2) is 50.4 Å². The van der Waals surface area contributed by atoms with Gasteiger partial charge in [0, 0.05) is 38.1 Å². The molecule has 0 spiro atoms. The maximum absolute atomic E-state index is 12.1. The molecular weight excluding hydrogens is 334 g/mol. The third kappa shape index (κ3) is 4.83. The summed E-state index contributed by atoms with van der Waals surface area (Å²) in [6.45, 7) is -0.407. The summed E-state index contributed by atoms with van der Waals surface area (Å²) in [5.74, 6) is -1.18. The number of hydrogen-bond acceptors (Lipinski definition) is 5. The van der Waals surface area contributed by atoms with E-state index < -0.39 is 18.5 Å². The molecule has 2 aromatic carbocycles. The number of amides is 2. The van der Waals surface area contributed by atoms with Crippen molar-refractivity contribution in [3.8, 4) is 0 Å². The Bertz CT molecular complexity index is 801. The minimum Gasteiger partial charge on any atom is -0.452 e. The number of benzene rings is 2. The number of anilines is 2. The van der Waals surface area contributed by atoms with E-state index in [1.54, 1.807) is 69.7 Å². The summed E-state index contributed by atoms with van der Waals surface area (Å²) in [7, 11) is 5.03. The first kappa shape index (κ1) is 19.0. The Morgan fingerprint density at radius 1 is 1.00 bits per heavy atom. The van der Waals surface area contributed by atoms with Crippen molar-refractivity contribution in [3.05, 3.63) is 59.7 Å². The van der Waals surface area contributed by atoms with Crippen LogP contribution in [0.2, 0.25) is 0 Å². The number of rotatable bonds is 6. The van der Waals surface area contributed by atoms with Crippen LogP contribution in [0.15, 0.2) is 48.5 Å². The lowest BCUT2D eigenvalue weighted by atomic mass is 10.2. The molecule has 0 aliphatic rings. The third-order valence-electron chi connectivity index (χ3n) is 3.57. The normalized spacial score (nSPS) is 9.96. The van der Waals surface area contributed by atoms with Crippen molar-refractivity contribution in [1.82, 2.24) is 4.90 Å². The van der Waals surface area contributed by atoms with E-state index in [1.165, 1.54) is 4.90 Å². The maximum Gasteiger partial charge on any atom is 0.340 e. The monoisotopic (exact) mass is 355 g/mol. The van der Waals surface area contributed by atoms with E-state index in [2.05, 4.69) is 10.6 Å². The molecule has 0 saturated carbocycles. The zero-order chi connectivity index (χ0) is 19.1. The standard InChI is InChI=1S/C19H21N3O4/c1-20-16-7-5-4-6-15(16)19(25)26-12-17(23)21-14-10-8-13(9-11-14)18(24)22(2)3/h4-11,20H,12H2,1-3H3,(H,21,23). The summed E-state index contributed by atoms with van der Waals surface area (Å²) in [6, 6.07) is 13.3. The predicted molar refractivity (Wildman–Crippen MR) is 99.4 cm³/mol. The van der Waals surface area contributed by atoms with E-state index in [1.807, 2.05) is 0 Å². The van der Waals surface area contributed by atoms with Crippen molar-refractivity contribution < 1.29 is 19.1 Å². The van der Waals surface area contributed by atoms with Crippen LogP contribution in [0.3, 0.4) is 0 Å². The second kappa shape index (κ2) is 8.66. The highest BCUT2D eigenvalue weighted by Crippen LogP contribution is 2.15. The number of nitrogens with zero attached hydrogens (tertiary/aromatic N) is 1. The van der Waals surface area contributed by atoms with E-state index >= 15 is 0 Å². The lowest BCUT2D eigenvalue weighted by Crippen LogP contribution is -2.22. The van der Waals surface area contributed by atoms with Crippen LogP contribution in [0.1, 0.15) is 20.7 Å². The van der Waals surface area contributed by atoms with Crippen LogP contribution in [0, 0.1) is 0 Å². The van der Waals surface area contributed by atoms with E-state index in [0.717, 1.165) is 0 Å². The molecule has 0 bridgehead atoms. The zero-order valence-electron chi connectivity index (χ0n) is 14.9. The number of hydrogen-bond donors (Lipinski definition) is 2. The average Bonchev–Trinajstić information content (AvgIpc) is 2.66. The van der Waals surface area contributed by atoms with Gasteiger partial charge >= 0.3 is 5.97 Å². The number of carbonyl (C=O) groups excluding carboxylic acids is 3. The molecule has 26 heavy (non-hydrogen) atoms. The van der Waals surface area contributed by atoms with Gasteiger partial charge in [0.25, 0.3) is 11.8 Å². The minimum atomic E-state index is -0.586. The predicted octanol–water partition coefficient (Wildman–Crippen LogP) is 2.23. The summed E-state index contributed by atoms with van der Waals surface area (Å²) in [5, 5.41) is 5.51. The number of para-hydroxylation sites is 1. The van der Waals surface area contributed by atoms with Crippen molar-refractivity contribution >= 4 is 29.2 Å². The molecule has 2 aromatic rings. The van der Waals surface area contributed by atoms with E-state index in [4.69, 9.17) is 4.74 Å². The lowest BCUT2D eigenvalue weighted by Gasteiger charge is -2.11. The Kier molecular flexibility index (Phi) is 6.32. The molecular formula is C19H21N3O4. The first-order chi connectivity index (χ1) is 12.4. The number of ether oxygens (including phenoxy) is 1. The van der Waals surface area contributed by atoms with Crippen molar-refractivity contribution in [2.45, 2.75) is 0 Å². The molecule has 2 amide bonds. The lowest BCUT2D eigenvalue weighted by molar-refractivity contribution is -0.119. The van der Waals surface area contributed by atoms with Crippen LogP contribution in [0.5, 0.6) is 0 Å². The molecule has 2 N–H and O–H groups in total. The molecule has 136 valence electrons. The second-order valence-electron chi connectivity index (χ2n) is 5.70. The molecule has 7 nitrogen and oxygen atoms in total. The van der Waals surface area contributed by atoms with Crippen molar-refractivity contribution in [3.63, 3.8) is 0 Å². The van der Waals surface area contributed by atoms with Gasteiger partial charge in [-0.2, -0.15) is 0 Å². The fourth-order valence-electron chi connectivity index (χ4n) is 2.24. The number of esters is 1. The second-order valence-corrected chi connectivity index (χ2v) is 5.70. The van der Waals surface area contributed by atoms with E-state index in [0.29, 0.717) is 22.5 Å². The molecule has 7 heteroatoms. The van der Waals surface area contributed by atoms with E-state index in [-0.39, 0.29) is 5.91 Å². The topological polar surface area (TPSA) is 87.7 Å². The zero-order valence-corrected chi connectivity index (χ0v) is 14.9. The van der Waals surface area contributed by atoms with Gasteiger partial charge in [0.1, 0.15) is 0 Å². The molecule has 2 rings (SSSR count). The first-order valence-corrected chi connectivity index (χ1v) is 7.98. The maximum atomic E-state index is 12.1. The van der Waals surface area contributed by atoms with Gasteiger partial charge in [0.2, 0.25) is 0 Å². The molecule has 0 unspecified atom stereocenters. The van der Waals surface area contributed by atoms with Gasteiger partial charge in [0.15, 0.2) is 6.61 Å². The molecule has 0 radical (unpaired) electrons. The highest BCUT2D eigenvalue weighted by molar-refractivity contribution is 5.99. The summed E-state index contributed by atoms with van der Waals surface area (Å²) in [5.41, 5.74) is 2.01. The van der Waals surface area contributed by atoms with Gasteiger partial charge in [-0.05, 0) is 36.4 Å². The van der Waals surface area contributed by atoms with Gasteiger partial charge < -0.3 is 20.3 Å². The van der Waals surface area contributed by atoms with Gasteiger partial charge in [-0.3, -0.25) is 9.59 Å². The summed E-state index contributed by atoms with van der Waals surface area (Å²) >= 11 is 0. The highest BCUT2D eigenvalue weighted by atomic mass is 16.5. The Morgan fingerprint density at radius 2 is 1.65 bits per heavy atom. The van der Waals surface area contributed by atoms with Gasteiger partial charge in [-0.25, -0.2) is 4.79 Å². The summed E-state index contributed by atoms with van der Waals surface area (Å²) in [4.78, 5) is 37.3. The van der Waals surface area contributed by atoms with Crippen molar-refractivity contribution in [2.75, 3.05) is 38.4 Å². The fourth-order valence-corrected chi connectivity index (χ4v) is 2.24. The van der Waals surface area contributed by atoms with Gasteiger partial charge in [0.05, 0.1) is 5.56 Å². The Hall–Kier alpha value is -3.35. The van der Waals surface area contributed by atoms with Crippen LogP contribution in [0.25, 0.3) is 0 Å². The fraction of sp³-hybridized carbons (Fsp3) is 0.211. The summed E-state index contributed by atoms with van der Waals surface area (Å²) < 4.78 is 5.05. The van der Waals surface area contributed by atoms with Crippen LogP contribution in [-0.2, 0) is 9.53 Å². The molecule has 0 aromatic heterocycles. The Balaban J connectivity index is 1.91.